The summed E-state index contributed by atoms with van der Waals surface area (Å²) in [6.07, 6.45) is -7.00. The number of carbonyl (C=O) groups excluding carboxylic acids is 5. The highest BCUT2D eigenvalue weighted by Crippen LogP contribution is 2.32. The van der Waals surface area contributed by atoms with E-state index in [0.717, 1.165) is 33.8 Å². The van der Waals surface area contributed by atoms with E-state index in [2.05, 4.69) is 0 Å². The molecular weight excluding hydrogens is 572 g/mol. The molecule has 14 heteroatoms. The monoisotopic (exact) mass is 604 g/mol. The Morgan fingerprint density at radius 2 is 1.30 bits per heavy atom. The first-order valence-electron chi connectivity index (χ1n) is 13.0. The van der Waals surface area contributed by atoms with Gasteiger partial charge >= 0.3 is 23.9 Å². The minimum absolute atomic E-state index is 0.0361. The van der Waals surface area contributed by atoms with Crippen LogP contribution >= 0.6 is 0 Å². The fourth-order valence-electron chi connectivity index (χ4n) is 4.14. The molecular formula is C29H32O14. The van der Waals surface area contributed by atoms with Crippen LogP contribution in [-0.2, 0) is 42.9 Å². The number of aromatic hydroxyl groups is 1. The van der Waals surface area contributed by atoms with Crippen molar-refractivity contribution in [1.82, 2.24) is 0 Å². The van der Waals surface area contributed by atoms with Gasteiger partial charge in [0.2, 0.25) is 18.2 Å². The fourth-order valence-corrected chi connectivity index (χ4v) is 4.14. The lowest BCUT2D eigenvalue weighted by atomic mass is 9.98. The molecule has 0 aliphatic carbocycles. The van der Waals surface area contributed by atoms with E-state index in [1.165, 1.54) is 19.2 Å². The quantitative estimate of drug-likeness (QED) is 0.211. The van der Waals surface area contributed by atoms with Gasteiger partial charge in [0.05, 0.1) is 12.7 Å². The maximum atomic E-state index is 12.7. The van der Waals surface area contributed by atoms with E-state index in [9.17, 15) is 29.1 Å². The number of hydrogen-bond acceptors (Lipinski definition) is 14. The molecule has 0 saturated carbocycles. The van der Waals surface area contributed by atoms with Gasteiger partial charge in [0.1, 0.15) is 35.7 Å². The first kappa shape index (κ1) is 32.7. The normalized spacial score (nSPS) is 21.1. The van der Waals surface area contributed by atoms with Gasteiger partial charge in [-0.25, -0.2) is 0 Å². The number of methoxy groups -OCH3 is 1. The smallest absolute Gasteiger partial charge is 0.303 e. The summed E-state index contributed by atoms with van der Waals surface area (Å²) < 4.78 is 43.4. The van der Waals surface area contributed by atoms with Crippen LogP contribution in [0.4, 0.5) is 0 Å². The van der Waals surface area contributed by atoms with E-state index in [0.29, 0.717) is 11.5 Å². The molecule has 2 aromatic rings. The average molecular weight is 605 g/mol. The zero-order valence-corrected chi connectivity index (χ0v) is 24.1. The largest absolute Gasteiger partial charge is 0.507 e. The third-order valence-corrected chi connectivity index (χ3v) is 5.90. The van der Waals surface area contributed by atoms with Gasteiger partial charge in [-0.3, -0.25) is 24.0 Å². The summed E-state index contributed by atoms with van der Waals surface area (Å²) in [5.74, 6) is -3.05. The van der Waals surface area contributed by atoms with Crippen LogP contribution in [0.15, 0.2) is 42.5 Å². The summed E-state index contributed by atoms with van der Waals surface area (Å²) in [4.78, 5) is 60.0. The third-order valence-electron chi connectivity index (χ3n) is 5.90. The van der Waals surface area contributed by atoms with Gasteiger partial charge in [-0.15, -0.1) is 0 Å². The van der Waals surface area contributed by atoms with Gasteiger partial charge in [0, 0.05) is 33.8 Å². The van der Waals surface area contributed by atoms with Crippen LogP contribution in [0.3, 0.4) is 0 Å². The van der Waals surface area contributed by atoms with Crippen molar-refractivity contribution in [2.24, 2.45) is 0 Å². The molecule has 1 saturated heterocycles. The van der Waals surface area contributed by atoms with Gasteiger partial charge in [-0.05, 0) is 36.4 Å². The van der Waals surface area contributed by atoms with Crippen molar-refractivity contribution in [2.75, 3.05) is 20.3 Å². The summed E-state index contributed by atoms with van der Waals surface area (Å²) in [6.45, 7) is 3.62. The molecule has 1 aliphatic heterocycles. The van der Waals surface area contributed by atoms with Crippen molar-refractivity contribution in [3.63, 3.8) is 0 Å². The molecule has 1 fully saturated rings. The summed E-state index contributed by atoms with van der Waals surface area (Å²) >= 11 is 0. The highest BCUT2D eigenvalue weighted by molar-refractivity contribution is 5.99. The summed E-state index contributed by atoms with van der Waals surface area (Å²) in [5.41, 5.74) is -0.0672. The van der Waals surface area contributed by atoms with Crippen LogP contribution in [0.1, 0.15) is 38.1 Å². The van der Waals surface area contributed by atoms with E-state index < -0.39 is 72.7 Å². The zero-order valence-electron chi connectivity index (χ0n) is 24.1. The highest BCUT2D eigenvalue weighted by atomic mass is 16.7. The van der Waals surface area contributed by atoms with E-state index in [1.54, 1.807) is 24.3 Å². The summed E-state index contributed by atoms with van der Waals surface area (Å²) in [6, 6.07) is 10.3. The molecule has 0 spiro atoms. The van der Waals surface area contributed by atoms with Crippen LogP contribution in [-0.4, -0.2) is 85.8 Å². The number of esters is 4. The van der Waals surface area contributed by atoms with Gasteiger partial charge in [0.25, 0.3) is 0 Å². The van der Waals surface area contributed by atoms with Crippen molar-refractivity contribution >= 4 is 29.7 Å². The number of phenols is 1. The number of carbonyl (C=O) groups is 5. The van der Waals surface area contributed by atoms with Crippen molar-refractivity contribution in [3.8, 4) is 23.0 Å². The number of Topliss-reactive ketones (excluding diaryl/α,β-unsaturated/α-hetero) is 1. The third kappa shape index (κ3) is 9.33. The van der Waals surface area contributed by atoms with E-state index >= 15 is 0 Å². The van der Waals surface area contributed by atoms with Gasteiger partial charge < -0.3 is 43.0 Å². The molecule has 1 N–H and O–H groups in total. The molecule has 5 atom stereocenters. The summed E-state index contributed by atoms with van der Waals surface area (Å²) in [7, 11) is 1.52. The summed E-state index contributed by atoms with van der Waals surface area (Å²) in [5, 5.41) is 10.6. The highest BCUT2D eigenvalue weighted by Gasteiger charge is 2.53. The minimum atomic E-state index is -1.51. The molecule has 232 valence electrons. The second-order valence-corrected chi connectivity index (χ2v) is 9.25. The standard InChI is InChI=1S/C29H32O14/c1-15(30)37-14-25-26(39-16(2)31)27(40-17(3)32)28(41-18(4)33)29(43-25)42-21-10-11-22(23(34)12-21)24(35)13-38-20-8-6-19(36-5)7-9-20/h6-12,25-29,34H,13-14H2,1-5H3/t25-,26-,27+,28+,29-/m1/s1. The topological polar surface area (TPSA) is 179 Å². The van der Waals surface area contributed by atoms with Crippen molar-refractivity contribution in [1.29, 1.82) is 0 Å². The molecule has 3 rings (SSSR count). The number of phenolic OH excluding ortho intramolecular Hbond substituents is 1. The first-order chi connectivity index (χ1) is 20.4. The second kappa shape index (κ2) is 14.9. The lowest BCUT2D eigenvalue weighted by molar-refractivity contribution is -0.288. The Morgan fingerprint density at radius 1 is 0.744 bits per heavy atom. The Bertz CT molecular complexity index is 1320. The van der Waals surface area contributed by atoms with Gasteiger partial charge in [0.15, 0.2) is 18.8 Å². The van der Waals surface area contributed by atoms with E-state index in [-0.39, 0.29) is 17.9 Å². The molecule has 14 nitrogen and oxygen atoms in total. The van der Waals surface area contributed by atoms with Crippen LogP contribution < -0.4 is 14.2 Å². The maximum Gasteiger partial charge on any atom is 0.303 e. The number of rotatable bonds is 12. The number of benzene rings is 2. The predicted molar refractivity (Wildman–Crippen MR) is 144 cm³/mol. The number of ketones is 1. The predicted octanol–water partition coefficient (Wildman–Crippen LogP) is 2.12. The van der Waals surface area contributed by atoms with E-state index in [1.807, 2.05) is 0 Å². The zero-order chi connectivity index (χ0) is 31.7. The molecule has 0 unspecified atom stereocenters. The van der Waals surface area contributed by atoms with Crippen molar-refractivity contribution < 1.29 is 67.0 Å². The van der Waals surface area contributed by atoms with Crippen LogP contribution in [0.2, 0.25) is 0 Å². The molecule has 1 heterocycles. The maximum absolute atomic E-state index is 12.7. The Morgan fingerprint density at radius 3 is 1.86 bits per heavy atom. The fraction of sp³-hybridized carbons (Fsp3) is 0.414. The van der Waals surface area contributed by atoms with Gasteiger partial charge in [-0.1, -0.05) is 0 Å². The Kier molecular flexibility index (Phi) is 11.3. The molecule has 0 aromatic heterocycles. The first-order valence-corrected chi connectivity index (χ1v) is 13.0. The SMILES string of the molecule is COc1ccc(OCC(=O)c2ccc(O[C@@H]3O[C@H](COC(C)=O)[C@@H](OC(C)=O)[C@H](OC(C)=O)[C@@H]3OC(C)=O)cc2O)cc1. The van der Waals surface area contributed by atoms with Gasteiger partial charge in [-0.2, -0.15) is 0 Å². The molecule has 0 bridgehead atoms. The van der Waals surface area contributed by atoms with Crippen LogP contribution in [0.5, 0.6) is 23.0 Å². The average Bonchev–Trinajstić information content (AvgIpc) is 2.93. The molecule has 0 radical (unpaired) electrons. The Balaban J connectivity index is 1.84. The lowest BCUT2D eigenvalue weighted by Crippen LogP contribution is -2.63. The number of hydrogen-bond donors (Lipinski definition) is 1. The van der Waals surface area contributed by atoms with Crippen molar-refractivity contribution in [3.05, 3.63) is 48.0 Å². The second-order valence-electron chi connectivity index (χ2n) is 9.25. The molecule has 43 heavy (non-hydrogen) atoms. The molecule has 0 amide bonds. The van der Waals surface area contributed by atoms with Crippen molar-refractivity contribution in [2.45, 2.75) is 58.4 Å². The van der Waals surface area contributed by atoms with Crippen LogP contribution in [0.25, 0.3) is 0 Å². The Hall–Kier alpha value is -4.85. The minimum Gasteiger partial charge on any atom is -0.507 e. The van der Waals surface area contributed by atoms with E-state index in [4.69, 9.17) is 37.9 Å². The Labute approximate surface area is 246 Å². The lowest BCUT2D eigenvalue weighted by Gasteiger charge is -2.43. The number of ether oxygens (including phenoxy) is 8. The van der Waals surface area contributed by atoms with Crippen LogP contribution in [0, 0.1) is 0 Å². The molecule has 2 aromatic carbocycles. The molecule has 1 aliphatic rings.